The Morgan fingerprint density at radius 3 is 1.61 bits per heavy atom. The Morgan fingerprint density at radius 2 is 1.23 bits per heavy atom. The van der Waals surface area contributed by atoms with Crippen molar-refractivity contribution in [1.82, 2.24) is 10.2 Å². The fraction of sp³-hybridized carbons (Fsp3) is 0.850. The summed E-state index contributed by atoms with van der Waals surface area (Å²) in [4.78, 5) is 34.7. The molecular formula is C20H36F2N2O7. The molecule has 1 saturated heterocycles. The number of nitrogens with one attached hydrogen (secondary N) is 1. The number of rotatable bonds is 0. The number of amides is 1. The van der Waals surface area contributed by atoms with E-state index in [4.69, 9.17) is 14.2 Å². The van der Waals surface area contributed by atoms with Crippen molar-refractivity contribution in [1.29, 1.82) is 0 Å². The Hall–Kier alpha value is -2.17. The Balaban J connectivity index is 0.000000582. The number of halogens is 2. The van der Waals surface area contributed by atoms with E-state index in [9.17, 15) is 23.2 Å². The molecule has 0 aliphatic carbocycles. The van der Waals surface area contributed by atoms with Crippen molar-refractivity contribution in [2.45, 2.75) is 85.0 Å². The number of carbonyl (C=O) groups is 3. The lowest BCUT2D eigenvalue weighted by Crippen LogP contribution is -2.43. The highest BCUT2D eigenvalue weighted by Crippen LogP contribution is 2.18. The third-order valence-corrected chi connectivity index (χ3v) is 2.96. The predicted octanol–water partition coefficient (Wildman–Crippen LogP) is 4.34. The summed E-state index contributed by atoms with van der Waals surface area (Å²) in [5.74, 6) is -2.90. The van der Waals surface area contributed by atoms with Crippen LogP contribution in [0.4, 0.5) is 23.2 Å². The molecule has 0 saturated carbocycles. The van der Waals surface area contributed by atoms with Crippen molar-refractivity contribution in [2.24, 2.45) is 0 Å². The van der Waals surface area contributed by atoms with Crippen LogP contribution in [0.15, 0.2) is 0 Å². The van der Waals surface area contributed by atoms with E-state index in [1.807, 2.05) is 0 Å². The van der Waals surface area contributed by atoms with E-state index >= 15 is 0 Å². The van der Waals surface area contributed by atoms with Crippen LogP contribution >= 0.6 is 0 Å². The first-order valence-corrected chi connectivity index (χ1v) is 9.89. The van der Waals surface area contributed by atoms with Gasteiger partial charge in [-0.2, -0.15) is 0 Å². The third kappa shape index (κ3) is 16.2. The van der Waals surface area contributed by atoms with Gasteiger partial charge in [-0.25, -0.2) is 23.2 Å². The molecule has 1 rings (SSSR count). The largest absolute Gasteiger partial charge is 0.519 e. The molecule has 0 radical (unpaired) electrons. The highest BCUT2D eigenvalue weighted by molar-refractivity contribution is 5.77. The molecule has 1 amide bonds. The fourth-order valence-electron chi connectivity index (χ4n) is 1.99. The van der Waals surface area contributed by atoms with Gasteiger partial charge >= 0.3 is 18.4 Å². The van der Waals surface area contributed by atoms with E-state index in [1.165, 1.54) is 0 Å². The van der Waals surface area contributed by atoms with Gasteiger partial charge in [-0.1, -0.05) is 0 Å². The van der Waals surface area contributed by atoms with Gasteiger partial charge in [0.15, 0.2) is 0 Å². The van der Waals surface area contributed by atoms with Gasteiger partial charge in [-0.3, -0.25) is 0 Å². The average Bonchev–Trinajstić information content (AvgIpc) is 2.62. The maximum atomic E-state index is 13.2. The van der Waals surface area contributed by atoms with Crippen LogP contribution in [-0.4, -0.2) is 72.2 Å². The number of nitrogens with zero attached hydrogens (tertiary/aromatic N) is 1. The molecule has 9 nitrogen and oxygen atoms in total. The van der Waals surface area contributed by atoms with Crippen LogP contribution in [0, 0.1) is 0 Å². The molecule has 31 heavy (non-hydrogen) atoms. The molecule has 0 aromatic heterocycles. The lowest BCUT2D eigenvalue weighted by molar-refractivity contribution is -0.0305. The zero-order valence-electron chi connectivity index (χ0n) is 19.9. The van der Waals surface area contributed by atoms with Crippen LogP contribution in [0.3, 0.4) is 0 Å². The van der Waals surface area contributed by atoms with E-state index < -0.39 is 54.2 Å². The first-order chi connectivity index (χ1) is 13.7. The summed E-state index contributed by atoms with van der Waals surface area (Å²) in [5.41, 5.74) is -2.05. The topological polar surface area (TPSA) is 103 Å². The predicted molar refractivity (Wildman–Crippen MR) is 109 cm³/mol. The molecule has 0 bridgehead atoms. The molecule has 0 atom stereocenters. The van der Waals surface area contributed by atoms with Crippen molar-refractivity contribution in [3.63, 3.8) is 0 Å². The number of hydrogen-bond donors (Lipinski definition) is 1. The molecule has 0 aromatic rings. The zero-order chi connectivity index (χ0) is 24.7. The first-order valence-electron chi connectivity index (χ1n) is 9.89. The van der Waals surface area contributed by atoms with Crippen LogP contribution in [0.2, 0.25) is 0 Å². The lowest BCUT2D eigenvalue weighted by Gasteiger charge is -2.27. The van der Waals surface area contributed by atoms with Gasteiger partial charge in [-0.15, -0.1) is 0 Å². The highest BCUT2D eigenvalue weighted by atomic mass is 19.3. The van der Waals surface area contributed by atoms with Crippen LogP contribution in [0.25, 0.3) is 0 Å². The molecule has 0 spiro atoms. The van der Waals surface area contributed by atoms with Crippen molar-refractivity contribution in [2.75, 3.05) is 26.2 Å². The van der Waals surface area contributed by atoms with Gasteiger partial charge in [0.05, 0.1) is 13.1 Å². The summed E-state index contributed by atoms with van der Waals surface area (Å²) >= 11 is 0. The fourth-order valence-corrected chi connectivity index (χ4v) is 1.99. The minimum absolute atomic E-state index is 0.241. The minimum Gasteiger partial charge on any atom is -0.444 e. The zero-order valence-corrected chi connectivity index (χ0v) is 19.9. The number of hydrogen-bond acceptors (Lipinski definition) is 8. The van der Waals surface area contributed by atoms with Gasteiger partial charge < -0.3 is 29.2 Å². The van der Waals surface area contributed by atoms with E-state index in [2.05, 4.69) is 10.1 Å². The van der Waals surface area contributed by atoms with Crippen molar-refractivity contribution in [3.05, 3.63) is 0 Å². The van der Waals surface area contributed by atoms with Gasteiger partial charge in [0.25, 0.3) is 5.92 Å². The Kier molecular flexibility index (Phi) is 10.2. The van der Waals surface area contributed by atoms with Gasteiger partial charge in [0.1, 0.15) is 16.8 Å². The Bertz CT molecular complexity index is 594. The second-order valence-corrected chi connectivity index (χ2v) is 9.97. The van der Waals surface area contributed by atoms with Crippen molar-refractivity contribution in [3.8, 4) is 0 Å². The minimum atomic E-state index is -2.90. The van der Waals surface area contributed by atoms with Gasteiger partial charge in [0, 0.05) is 13.1 Å². The van der Waals surface area contributed by atoms with E-state index in [0.29, 0.717) is 6.54 Å². The lowest BCUT2D eigenvalue weighted by atomic mass is 10.2. The summed E-state index contributed by atoms with van der Waals surface area (Å²) in [7, 11) is 0. The van der Waals surface area contributed by atoms with Crippen molar-refractivity contribution >= 4 is 18.4 Å². The molecule has 0 unspecified atom stereocenters. The summed E-state index contributed by atoms with van der Waals surface area (Å²) in [6.45, 7) is 14.8. The van der Waals surface area contributed by atoms with Crippen LogP contribution in [0.5, 0.6) is 0 Å². The van der Waals surface area contributed by atoms with Crippen molar-refractivity contribution < 1.29 is 42.1 Å². The third-order valence-electron chi connectivity index (χ3n) is 2.96. The summed E-state index contributed by atoms with van der Waals surface area (Å²) in [6.07, 6.45) is -2.80. The first kappa shape index (κ1) is 28.8. The smallest absolute Gasteiger partial charge is 0.444 e. The van der Waals surface area contributed by atoms with E-state index in [-0.39, 0.29) is 6.54 Å². The maximum Gasteiger partial charge on any atom is 0.519 e. The monoisotopic (exact) mass is 454 g/mol. The summed E-state index contributed by atoms with van der Waals surface area (Å²) < 4.78 is 45.2. The summed E-state index contributed by atoms with van der Waals surface area (Å²) in [6, 6.07) is 0. The molecule has 0 aromatic carbocycles. The SMILES string of the molecule is CC(C)(C)OC(=O)N1CCNCC(F)(F)C1.CC(C)(C)OC(=O)OC(=O)OC(C)(C)C. The standard InChI is InChI=1S/C10H18F2N2O2.C10H18O5/c1-9(2,3)16-8(15)14-5-4-13-6-10(11,12)7-14;1-9(2,3)14-7(11)13-8(12)15-10(4,5)6/h13H,4-7H2,1-3H3;1-6H3. The number of ether oxygens (including phenoxy) is 4. The quantitative estimate of drug-likeness (QED) is 0.328. The summed E-state index contributed by atoms with van der Waals surface area (Å²) in [5, 5.41) is 2.59. The molecule has 182 valence electrons. The molecule has 1 fully saturated rings. The van der Waals surface area contributed by atoms with Crippen LogP contribution in [0.1, 0.15) is 62.3 Å². The number of alkyl halides is 2. The molecule has 1 aliphatic rings. The van der Waals surface area contributed by atoms with E-state index in [0.717, 1.165) is 4.90 Å². The van der Waals surface area contributed by atoms with Crippen LogP contribution in [-0.2, 0) is 18.9 Å². The molecular weight excluding hydrogens is 418 g/mol. The molecule has 1 heterocycles. The second-order valence-electron chi connectivity index (χ2n) is 9.97. The van der Waals surface area contributed by atoms with E-state index in [1.54, 1.807) is 62.3 Å². The second kappa shape index (κ2) is 10.9. The number of carbonyl (C=O) groups excluding carboxylic acids is 3. The normalized spacial score (nSPS) is 16.8. The molecule has 1 N–H and O–H groups in total. The van der Waals surface area contributed by atoms with Crippen LogP contribution < -0.4 is 5.32 Å². The maximum absolute atomic E-state index is 13.2. The molecule has 11 heteroatoms. The Morgan fingerprint density at radius 1 is 0.806 bits per heavy atom. The Labute approximate surface area is 182 Å². The average molecular weight is 455 g/mol. The van der Waals surface area contributed by atoms with Gasteiger partial charge in [-0.05, 0) is 62.3 Å². The molecule has 1 aliphatic heterocycles. The highest BCUT2D eigenvalue weighted by Gasteiger charge is 2.36. The van der Waals surface area contributed by atoms with Gasteiger partial charge in [0.2, 0.25) is 0 Å².